The van der Waals surface area contributed by atoms with Gasteiger partial charge in [0.05, 0.1) is 5.92 Å². The first-order valence-corrected chi connectivity index (χ1v) is 5.12. The van der Waals surface area contributed by atoms with Crippen molar-refractivity contribution in [2.24, 2.45) is 22.7 Å². The van der Waals surface area contributed by atoms with E-state index in [-0.39, 0.29) is 11.7 Å². The maximum Gasteiger partial charge on any atom is 0.232 e. The Morgan fingerprint density at radius 2 is 2.00 bits per heavy atom. The van der Waals surface area contributed by atoms with Crippen LogP contribution in [0.15, 0.2) is 5.16 Å². The van der Waals surface area contributed by atoms with Gasteiger partial charge in [0.2, 0.25) is 5.91 Å². The van der Waals surface area contributed by atoms with Gasteiger partial charge in [0, 0.05) is 13.6 Å². The molecule has 1 unspecified atom stereocenters. The van der Waals surface area contributed by atoms with Gasteiger partial charge >= 0.3 is 0 Å². The second-order valence-corrected chi connectivity index (χ2v) is 4.19. The van der Waals surface area contributed by atoms with Gasteiger partial charge in [-0.15, -0.1) is 0 Å². The Morgan fingerprint density at radius 1 is 1.47 bits per heavy atom. The van der Waals surface area contributed by atoms with Crippen LogP contribution in [0.5, 0.6) is 0 Å². The first-order valence-electron chi connectivity index (χ1n) is 5.12. The lowest BCUT2D eigenvalue weighted by Crippen LogP contribution is -2.39. The van der Waals surface area contributed by atoms with Gasteiger partial charge in [0.15, 0.2) is 5.84 Å². The summed E-state index contributed by atoms with van der Waals surface area (Å²) < 4.78 is 0. The van der Waals surface area contributed by atoms with E-state index in [0.717, 1.165) is 6.42 Å². The van der Waals surface area contributed by atoms with Crippen LogP contribution in [0.2, 0.25) is 0 Å². The molecule has 0 bridgehead atoms. The Labute approximate surface area is 90.9 Å². The molecule has 0 aromatic carbocycles. The fraction of sp³-hybridized carbons (Fsp3) is 0.800. The highest BCUT2D eigenvalue weighted by Crippen LogP contribution is 2.05. The summed E-state index contributed by atoms with van der Waals surface area (Å²) in [6.45, 7) is 6.53. The molecular formula is C10H21N3O2. The van der Waals surface area contributed by atoms with E-state index >= 15 is 0 Å². The van der Waals surface area contributed by atoms with Crippen LogP contribution in [0.1, 0.15) is 27.2 Å². The molecule has 0 aliphatic heterocycles. The third-order valence-corrected chi connectivity index (χ3v) is 2.35. The van der Waals surface area contributed by atoms with Crippen molar-refractivity contribution in [1.82, 2.24) is 4.90 Å². The number of amidine groups is 1. The van der Waals surface area contributed by atoms with Crippen LogP contribution >= 0.6 is 0 Å². The summed E-state index contributed by atoms with van der Waals surface area (Å²) in [5, 5.41) is 11.3. The number of nitrogens with zero attached hydrogens (tertiary/aromatic N) is 2. The zero-order valence-electron chi connectivity index (χ0n) is 9.90. The van der Waals surface area contributed by atoms with Crippen molar-refractivity contribution in [2.45, 2.75) is 27.2 Å². The molecule has 5 nitrogen and oxygen atoms in total. The van der Waals surface area contributed by atoms with Gasteiger partial charge in [-0.2, -0.15) is 0 Å². The molecule has 0 saturated heterocycles. The monoisotopic (exact) mass is 215 g/mol. The van der Waals surface area contributed by atoms with Crippen LogP contribution in [0, 0.1) is 11.8 Å². The van der Waals surface area contributed by atoms with Crippen LogP contribution in [0.4, 0.5) is 0 Å². The number of rotatable bonds is 5. The molecule has 1 atom stereocenters. The fourth-order valence-electron chi connectivity index (χ4n) is 1.11. The van der Waals surface area contributed by atoms with Crippen molar-refractivity contribution >= 4 is 11.7 Å². The summed E-state index contributed by atoms with van der Waals surface area (Å²) in [7, 11) is 1.73. The van der Waals surface area contributed by atoms with E-state index < -0.39 is 5.92 Å². The van der Waals surface area contributed by atoms with Gasteiger partial charge in [-0.25, -0.2) is 0 Å². The fourth-order valence-corrected chi connectivity index (χ4v) is 1.11. The van der Waals surface area contributed by atoms with Gasteiger partial charge < -0.3 is 15.8 Å². The Bertz CT molecular complexity index is 239. The van der Waals surface area contributed by atoms with E-state index in [9.17, 15) is 4.79 Å². The summed E-state index contributed by atoms with van der Waals surface area (Å²) in [6, 6.07) is 0. The Morgan fingerprint density at radius 3 is 2.40 bits per heavy atom. The van der Waals surface area contributed by atoms with Crippen molar-refractivity contribution in [1.29, 1.82) is 0 Å². The van der Waals surface area contributed by atoms with Crippen LogP contribution in [-0.2, 0) is 4.79 Å². The lowest BCUT2D eigenvalue weighted by Gasteiger charge is -2.21. The van der Waals surface area contributed by atoms with Gasteiger partial charge in [0.25, 0.3) is 0 Å². The third-order valence-electron chi connectivity index (χ3n) is 2.35. The zero-order valence-corrected chi connectivity index (χ0v) is 9.90. The van der Waals surface area contributed by atoms with E-state index in [2.05, 4.69) is 19.0 Å². The summed E-state index contributed by atoms with van der Waals surface area (Å²) >= 11 is 0. The van der Waals surface area contributed by atoms with Crippen LogP contribution in [-0.4, -0.2) is 35.4 Å². The van der Waals surface area contributed by atoms with Crippen molar-refractivity contribution in [2.75, 3.05) is 13.6 Å². The SMILES string of the molecule is CC(C)CCN(C)C(=O)C(C)C(N)=NO. The van der Waals surface area contributed by atoms with E-state index in [1.54, 1.807) is 18.9 Å². The van der Waals surface area contributed by atoms with Crippen molar-refractivity contribution in [3.8, 4) is 0 Å². The first-order chi connectivity index (χ1) is 6.90. The highest BCUT2D eigenvalue weighted by molar-refractivity contribution is 6.01. The van der Waals surface area contributed by atoms with Crippen LogP contribution in [0.3, 0.4) is 0 Å². The summed E-state index contributed by atoms with van der Waals surface area (Å²) in [6.07, 6.45) is 0.950. The quantitative estimate of drug-likeness (QED) is 0.309. The second-order valence-electron chi connectivity index (χ2n) is 4.19. The average Bonchev–Trinajstić information content (AvgIpc) is 2.22. The molecular weight excluding hydrogens is 194 g/mol. The van der Waals surface area contributed by atoms with E-state index in [0.29, 0.717) is 12.5 Å². The Balaban J connectivity index is 4.20. The van der Waals surface area contributed by atoms with Crippen molar-refractivity contribution < 1.29 is 10.0 Å². The number of oxime groups is 1. The van der Waals surface area contributed by atoms with E-state index in [1.165, 1.54) is 0 Å². The molecule has 0 saturated carbocycles. The van der Waals surface area contributed by atoms with E-state index in [4.69, 9.17) is 10.9 Å². The lowest BCUT2D eigenvalue weighted by molar-refractivity contribution is -0.131. The number of carbonyl (C=O) groups excluding carboxylic acids is 1. The molecule has 0 aliphatic carbocycles. The smallest absolute Gasteiger partial charge is 0.232 e. The number of nitrogens with two attached hydrogens (primary N) is 1. The zero-order chi connectivity index (χ0) is 12.0. The predicted molar refractivity (Wildman–Crippen MR) is 59.7 cm³/mol. The Hall–Kier alpha value is -1.26. The molecule has 0 spiro atoms. The molecule has 0 rings (SSSR count). The predicted octanol–water partition coefficient (Wildman–Crippen LogP) is 0.873. The molecule has 88 valence electrons. The largest absolute Gasteiger partial charge is 0.409 e. The molecule has 15 heavy (non-hydrogen) atoms. The normalized spacial score (nSPS) is 14.1. The summed E-state index contributed by atoms with van der Waals surface area (Å²) in [5.41, 5.74) is 5.36. The number of hydrogen-bond donors (Lipinski definition) is 2. The molecule has 5 heteroatoms. The van der Waals surface area contributed by atoms with Crippen LogP contribution < -0.4 is 5.73 Å². The number of amides is 1. The molecule has 0 aliphatic rings. The first kappa shape index (κ1) is 13.7. The second kappa shape index (κ2) is 6.27. The minimum Gasteiger partial charge on any atom is -0.409 e. The van der Waals surface area contributed by atoms with Crippen molar-refractivity contribution in [3.05, 3.63) is 0 Å². The molecule has 0 fully saturated rings. The highest BCUT2D eigenvalue weighted by Gasteiger charge is 2.21. The maximum atomic E-state index is 11.7. The third kappa shape index (κ3) is 4.67. The molecule has 0 radical (unpaired) electrons. The summed E-state index contributed by atoms with van der Waals surface area (Å²) in [5.74, 6) is -0.172. The van der Waals surface area contributed by atoms with Crippen molar-refractivity contribution in [3.63, 3.8) is 0 Å². The number of hydrogen-bond acceptors (Lipinski definition) is 3. The standard InChI is InChI=1S/C10H21N3O2/c1-7(2)5-6-13(4)10(14)8(3)9(11)12-15/h7-8,15H,5-6H2,1-4H3,(H2,11,12). The van der Waals surface area contributed by atoms with E-state index in [1.807, 2.05) is 0 Å². The Kier molecular flexibility index (Phi) is 5.74. The van der Waals surface area contributed by atoms with Gasteiger partial charge in [-0.3, -0.25) is 4.79 Å². The number of carbonyl (C=O) groups is 1. The molecule has 0 heterocycles. The highest BCUT2D eigenvalue weighted by atomic mass is 16.4. The van der Waals surface area contributed by atoms with Gasteiger partial charge in [-0.1, -0.05) is 19.0 Å². The minimum absolute atomic E-state index is 0.0450. The van der Waals surface area contributed by atoms with Gasteiger partial charge in [-0.05, 0) is 19.3 Å². The molecule has 3 N–H and O–H groups in total. The minimum atomic E-state index is -0.563. The lowest BCUT2D eigenvalue weighted by atomic mass is 10.1. The maximum absolute atomic E-state index is 11.7. The van der Waals surface area contributed by atoms with Crippen LogP contribution in [0.25, 0.3) is 0 Å². The average molecular weight is 215 g/mol. The molecule has 0 aromatic rings. The van der Waals surface area contributed by atoms with Gasteiger partial charge in [0.1, 0.15) is 0 Å². The molecule has 1 amide bonds. The topological polar surface area (TPSA) is 78.9 Å². The molecule has 0 aromatic heterocycles. The summed E-state index contributed by atoms with van der Waals surface area (Å²) in [4.78, 5) is 13.3.